The van der Waals surface area contributed by atoms with Gasteiger partial charge in [0, 0.05) is 13.1 Å². The summed E-state index contributed by atoms with van der Waals surface area (Å²) < 4.78 is 0. The Hall–Kier alpha value is -2.30. The lowest BCUT2D eigenvalue weighted by Gasteiger charge is -2.11. The predicted molar refractivity (Wildman–Crippen MR) is 101 cm³/mol. The van der Waals surface area contributed by atoms with Crippen LogP contribution in [0.5, 0.6) is 0 Å². The second-order valence-electron chi connectivity index (χ2n) is 6.27. The van der Waals surface area contributed by atoms with E-state index in [4.69, 9.17) is 0 Å². The highest BCUT2D eigenvalue weighted by molar-refractivity contribution is 5.79. The maximum Gasteiger partial charge on any atom is 0.191 e. The Balaban J connectivity index is 1.90. The number of H-pyrrole nitrogens is 1. The summed E-state index contributed by atoms with van der Waals surface area (Å²) in [6, 6.07) is 10.2. The van der Waals surface area contributed by atoms with Crippen molar-refractivity contribution in [3.63, 3.8) is 0 Å². The summed E-state index contributed by atoms with van der Waals surface area (Å²) in [4.78, 5) is 12.4. The van der Waals surface area contributed by atoms with Gasteiger partial charge in [-0.3, -0.25) is 0 Å². The van der Waals surface area contributed by atoms with Crippen LogP contribution in [-0.2, 0) is 6.54 Å². The van der Waals surface area contributed by atoms with Gasteiger partial charge in [-0.25, -0.2) is 9.98 Å². The van der Waals surface area contributed by atoms with Crippen molar-refractivity contribution in [1.29, 1.82) is 0 Å². The number of benzene rings is 1. The van der Waals surface area contributed by atoms with Crippen molar-refractivity contribution in [2.24, 2.45) is 10.9 Å². The fraction of sp³-hybridized carbons (Fsp3) is 0.474. The van der Waals surface area contributed by atoms with Gasteiger partial charge in [0.05, 0.1) is 11.9 Å². The van der Waals surface area contributed by atoms with Crippen LogP contribution in [0.4, 0.5) is 0 Å². The van der Waals surface area contributed by atoms with Crippen LogP contribution in [-0.4, -0.2) is 29.0 Å². The molecule has 1 aromatic carbocycles. The summed E-state index contributed by atoms with van der Waals surface area (Å²) in [7, 11) is 0. The normalized spacial score (nSPS) is 11.8. The number of aliphatic imine (C=N–C) groups is 1. The Labute approximate surface area is 145 Å². The molecule has 2 aromatic rings. The Morgan fingerprint density at radius 3 is 2.71 bits per heavy atom. The first-order valence-corrected chi connectivity index (χ1v) is 8.80. The van der Waals surface area contributed by atoms with Crippen molar-refractivity contribution in [2.75, 3.05) is 13.1 Å². The second kappa shape index (κ2) is 9.75. The Kier molecular flexibility index (Phi) is 7.33. The molecule has 130 valence electrons. The zero-order valence-electron chi connectivity index (χ0n) is 15.0. The second-order valence-corrected chi connectivity index (χ2v) is 6.27. The average Bonchev–Trinajstić information content (AvgIpc) is 3.06. The minimum Gasteiger partial charge on any atom is -0.357 e. The maximum atomic E-state index is 4.61. The van der Waals surface area contributed by atoms with Gasteiger partial charge in [0.25, 0.3) is 0 Å². The topological polar surface area (TPSA) is 65.1 Å². The van der Waals surface area contributed by atoms with Gasteiger partial charge in [-0.05, 0) is 31.2 Å². The summed E-state index contributed by atoms with van der Waals surface area (Å²) >= 11 is 0. The largest absolute Gasteiger partial charge is 0.357 e. The van der Waals surface area contributed by atoms with E-state index in [1.54, 1.807) is 0 Å². The molecular weight excluding hydrogens is 298 g/mol. The molecule has 0 fully saturated rings. The first-order valence-electron chi connectivity index (χ1n) is 8.80. The molecule has 0 aliphatic heterocycles. The van der Waals surface area contributed by atoms with E-state index in [0.29, 0.717) is 6.54 Å². The number of aromatic nitrogens is 2. The molecule has 0 aliphatic rings. The van der Waals surface area contributed by atoms with Gasteiger partial charge in [-0.15, -0.1) is 0 Å². The number of rotatable bonds is 8. The highest BCUT2D eigenvalue weighted by atomic mass is 15.2. The fourth-order valence-electron chi connectivity index (χ4n) is 2.42. The summed E-state index contributed by atoms with van der Waals surface area (Å²) in [6.07, 6.45) is 4.25. The Morgan fingerprint density at radius 1 is 1.21 bits per heavy atom. The number of aromatic amines is 1. The third-order valence-electron chi connectivity index (χ3n) is 3.70. The molecular formula is C19H29N5. The van der Waals surface area contributed by atoms with E-state index in [-0.39, 0.29) is 0 Å². The van der Waals surface area contributed by atoms with Crippen molar-refractivity contribution < 1.29 is 0 Å². The van der Waals surface area contributed by atoms with E-state index in [0.717, 1.165) is 48.5 Å². The van der Waals surface area contributed by atoms with Gasteiger partial charge in [0.1, 0.15) is 12.4 Å². The molecule has 0 unspecified atom stereocenters. The van der Waals surface area contributed by atoms with Crippen LogP contribution in [0.1, 0.15) is 39.4 Å². The molecule has 1 aromatic heterocycles. The highest BCUT2D eigenvalue weighted by Gasteiger charge is 2.03. The third kappa shape index (κ3) is 6.07. The molecule has 0 spiro atoms. The van der Waals surface area contributed by atoms with Crippen molar-refractivity contribution >= 4 is 5.96 Å². The molecule has 0 saturated carbocycles. The first kappa shape index (κ1) is 18.0. The van der Waals surface area contributed by atoms with Gasteiger partial charge in [0.2, 0.25) is 0 Å². The van der Waals surface area contributed by atoms with Gasteiger partial charge in [-0.2, -0.15) is 0 Å². The number of hydrogen-bond acceptors (Lipinski definition) is 2. The van der Waals surface area contributed by atoms with Crippen LogP contribution in [0.2, 0.25) is 0 Å². The minimum atomic E-state index is 0.534. The molecule has 2 rings (SSSR count). The standard InChI is InChI=1S/C19H29N5/c1-4-20-19(21-12-8-9-15(2)3)23-14-18-22-13-17(24-18)16-10-6-5-7-11-16/h5-7,10-11,13,15H,4,8-9,12,14H2,1-3H3,(H,22,24)(H2,20,21,23). The molecule has 0 amide bonds. The lowest BCUT2D eigenvalue weighted by atomic mass is 10.1. The first-order chi connectivity index (χ1) is 11.7. The van der Waals surface area contributed by atoms with Crippen molar-refractivity contribution in [3.05, 3.63) is 42.4 Å². The zero-order chi connectivity index (χ0) is 17.2. The van der Waals surface area contributed by atoms with Gasteiger partial charge in [0.15, 0.2) is 5.96 Å². The zero-order valence-corrected chi connectivity index (χ0v) is 15.0. The number of nitrogens with one attached hydrogen (secondary N) is 3. The molecule has 0 radical (unpaired) electrons. The molecule has 24 heavy (non-hydrogen) atoms. The summed E-state index contributed by atoms with van der Waals surface area (Å²) in [6.45, 7) is 8.90. The summed E-state index contributed by atoms with van der Waals surface area (Å²) in [5, 5.41) is 6.66. The molecule has 0 atom stereocenters. The molecule has 0 aliphatic carbocycles. The van der Waals surface area contributed by atoms with Crippen LogP contribution < -0.4 is 10.6 Å². The van der Waals surface area contributed by atoms with Crippen LogP contribution in [0.15, 0.2) is 41.5 Å². The quantitative estimate of drug-likeness (QED) is 0.394. The minimum absolute atomic E-state index is 0.534. The average molecular weight is 327 g/mol. The van der Waals surface area contributed by atoms with E-state index < -0.39 is 0 Å². The molecule has 0 saturated heterocycles. The van der Waals surface area contributed by atoms with E-state index >= 15 is 0 Å². The molecule has 0 bridgehead atoms. The molecule has 1 heterocycles. The van der Waals surface area contributed by atoms with E-state index in [1.807, 2.05) is 24.4 Å². The van der Waals surface area contributed by atoms with E-state index in [9.17, 15) is 0 Å². The summed E-state index contributed by atoms with van der Waals surface area (Å²) in [5.41, 5.74) is 2.16. The maximum absolute atomic E-state index is 4.61. The monoisotopic (exact) mass is 327 g/mol. The number of hydrogen-bond donors (Lipinski definition) is 3. The van der Waals surface area contributed by atoms with Crippen LogP contribution in [0, 0.1) is 5.92 Å². The molecule has 5 nitrogen and oxygen atoms in total. The predicted octanol–water partition coefficient (Wildman–Crippen LogP) is 3.57. The van der Waals surface area contributed by atoms with Gasteiger partial charge in [-0.1, -0.05) is 44.2 Å². The van der Waals surface area contributed by atoms with Crippen molar-refractivity contribution in [3.8, 4) is 11.3 Å². The Bertz CT molecular complexity index is 616. The number of guanidine groups is 1. The smallest absolute Gasteiger partial charge is 0.191 e. The lowest BCUT2D eigenvalue weighted by Crippen LogP contribution is -2.37. The lowest BCUT2D eigenvalue weighted by molar-refractivity contribution is 0.549. The number of imidazole rings is 1. The fourth-order valence-corrected chi connectivity index (χ4v) is 2.42. The SMILES string of the molecule is CCNC(=NCc1ncc(-c2ccccc2)[nH]1)NCCCC(C)C. The van der Waals surface area contributed by atoms with Crippen LogP contribution >= 0.6 is 0 Å². The number of nitrogens with zero attached hydrogens (tertiary/aromatic N) is 2. The molecule has 5 heteroatoms. The van der Waals surface area contributed by atoms with Crippen LogP contribution in [0.3, 0.4) is 0 Å². The highest BCUT2D eigenvalue weighted by Crippen LogP contribution is 2.16. The third-order valence-corrected chi connectivity index (χ3v) is 3.70. The summed E-state index contributed by atoms with van der Waals surface area (Å²) in [5.74, 6) is 2.46. The van der Waals surface area contributed by atoms with Crippen molar-refractivity contribution in [1.82, 2.24) is 20.6 Å². The van der Waals surface area contributed by atoms with E-state index in [2.05, 4.69) is 58.5 Å². The van der Waals surface area contributed by atoms with Crippen molar-refractivity contribution in [2.45, 2.75) is 40.2 Å². The van der Waals surface area contributed by atoms with E-state index in [1.165, 1.54) is 6.42 Å². The molecule has 3 N–H and O–H groups in total. The van der Waals surface area contributed by atoms with Gasteiger partial charge >= 0.3 is 0 Å². The Morgan fingerprint density at radius 2 is 2.00 bits per heavy atom. The van der Waals surface area contributed by atoms with Crippen LogP contribution in [0.25, 0.3) is 11.3 Å². The van der Waals surface area contributed by atoms with Gasteiger partial charge < -0.3 is 15.6 Å².